The number of fused-ring (bicyclic) bond motifs is 1. The SMILES string of the molecule is CC(Nc1nc2ccc(Br)cc2s1)c1ccccc1F. The van der Waals surface area contributed by atoms with Crippen molar-refractivity contribution in [2.75, 3.05) is 5.32 Å². The minimum atomic E-state index is -0.198. The van der Waals surface area contributed by atoms with Gasteiger partial charge in [0.05, 0.1) is 16.3 Å². The summed E-state index contributed by atoms with van der Waals surface area (Å²) in [6.07, 6.45) is 0. The smallest absolute Gasteiger partial charge is 0.184 e. The number of anilines is 1. The van der Waals surface area contributed by atoms with Gasteiger partial charge in [-0.1, -0.05) is 45.5 Å². The molecule has 1 atom stereocenters. The van der Waals surface area contributed by atoms with Gasteiger partial charge in [-0.25, -0.2) is 9.37 Å². The van der Waals surface area contributed by atoms with E-state index in [0.29, 0.717) is 5.56 Å². The first-order valence-electron chi connectivity index (χ1n) is 6.20. The van der Waals surface area contributed by atoms with Crippen LogP contribution in [0.1, 0.15) is 18.5 Å². The van der Waals surface area contributed by atoms with Crippen molar-refractivity contribution in [3.05, 3.63) is 58.3 Å². The van der Waals surface area contributed by atoms with Crippen LogP contribution < -0.4 is 5.32 Å². The summed E-state index contributed by atoms with van der Waals surface area (Å²) >= 11 is 5.01. The van der Waals surface area contributed by atoms with Crippen LogP contribution >= 0.6 is 27.3 Å². The number of aromatic nitrogens is 1. The summed E-state index contributed by atoms with van der Waals surface area (Å²) in [6, 6.07) is 12.6. The molecular weight excluding hydrogens is 339 g/mol. The molecule has 0 aliphatic heterocycles. The predicted octanol–water partition coefficient (Wildman–Crippen LogP) is 5.37. The van der Waals surface area contributed by atoms with Crippen LogP contribution in [-0.4, -0.2) is 4.98 Å². The van der Waals surface area contributed by atoms with Gasteiger partial charge in [0, 0.05) is 10.0 Å². The van der Waals surface area contributed by atoms with E-state index in [9.17, 15) is 4.39 Å². The fourth-order valence-corrected chi connectivity index (χ4v) is 3.55. The summed E-state index contributed by atoms with van der Waals surface area (Å²) in [5, 5.41) is 4.06. The van der Waals surface area contributed by atoms with E-state index in [-0.39, 0.29) is 11.9 Å². The number of thiazole rings is 1. The Labute approximate surface area is 128 Å². The van der Waals surface area contributed by atoms with E-state index in [4.69, 9.17) is 0 Å². The largest absolute Gasteiger partial charge is 0.355 e. The fraction of sp³-hybridized carbons (Fsp3) is 0.133. The maximum Gasteiger partial charge on any atom is 0.184 e. The molecule has 102 valence electrons. The van der Waals surface area contributed by atoms with Gasteiger partial charge in [-0.15, -0.1) is 0 Å². The molecule has 2 nitrogen and oxygen atoms in total. The molecule has 0 saturated carbocycles. The average Bonchev–Trinajstić information content (AvgIpc) is 2.80. The average molecular weight is 351 g/mol. The lowest BCUT2D eigenvalue weighted by Crippen LogP contribution is -2.08. The third kappa shape index (κ3) is 2.69. The van der Waals surface area contributed by atoms with E-state index in [1.165, 1.54) is 6.07 Å². The molecule has 2 aromatic carbocycles. The zero-order chi connectivity index (χ0) is 14.1. The van der Waals surface area contributed by atoms with E-state index in [2.05, 4.69) is 26.2 Å². The highest BCUT2D eigenvalue weighted by Crippen LogP contribution is 2.31. The van der Waals surface area contributed by atoms with Crippen LogP contribution in [0.15, 0.2) is 46.9 Å². The topological polar surface area (TPSA) is 24.9 Å². The van der Waals surface area contributed by atoms with Crippen LogP contribution in [0.4, 0.5) is 9.52 Å². The molecule has 3 rings (SSSR count). The summed E-state index contributed by atoms with van der Waals surface area (Å²) in [5.41, 5.74) is 1.59. The van der Waals surface area contributed by atoms with Gasteiger partial charge in [0.15, 0.2) is 5.13 Å². The van der Waals surface area contributed by atoms with Crippen molar-refractivity contribution in [1.82, 2.24) is 4.98 Å². The van der Waals surface area contributed by atoms with Crippen LogP contribution in [0.25, 0.3) is 10.2 Å². The maximum absolute atomic E-state index is 13.7. The summed E-state index contributed by atoms with van der Waals surface area (Å²) in [6.45, 7) is 1.93. The first-order chi connectivity index (χ1) is 9.63. The van der Waals surface area contributed by atoms with Crippen molar-refractivity contribution in [1.29, 1.82) is 0 Å². The number of hydrogen-bond donors (Lipinski definition) is 1. The normalized spacial score (nSPS) is 12.6. The second-order valence-electron chi connectivity index (χ2n) is 4.52. The monoisotopic (exact) mass is 350 g/mol. The third-order valence-electron chi connectivity index (χ3n) is 3.06. The van der Waals surface area contributed by atoms with Crippen LogP contribution in [-0.2, 0) is 0 Å². The molecule has 1 N–H and O–H groups in total. The number of halogens is 2. The molecule has 1 unspecified atom stereocenters. The van der Waals surface area contributed by atoms with Crippen molar-refractivity contribution in [2.45, 2.75) is 13.0 Å². The Morgan fingerprint density at radius 1 is 1.25 bits per heavy atom. The minimum absolute atomic E-state index is 0.125. The molecule has 1 aromatic heterocycles. The lowest BCUT2D eigenvalue weighted by Gasteiger charge is -2.13. The highest BCUT2D eigenvalue weighted by molar-refractivity contribution is 9.10. The molecular formula is C15H12BrFN2S. The Morgan fingerprint density at radius 2 is 2.05 bits per heavy atom. The van der Waals surface area contributed by atoms with Gasteiger partial charge >= 0.3 is 0 Å². The first-order valence-corrected chi connectivity index (χ1v) is 7.81. The first kappa shape index (κ1) is 13.5. The van der Waals surface area contributed by atoms with Crippen molar-refractivity contribution < 1.29 is 4.39 Å². The number of rotatable bonds is 3. The van der Waals surface area contributed by atoms with Gasteiger partial charge in [-0.05, 0) is 31.2 Å². The molecule has 0 fully saturated rings. The van der Waals surface area contributed by atoms with E-state index in [1.807, 2.05) is 31.2 Å². The van der Waals surface area contributed by atoms with Gasteiger partial charge in [-0.3, -0.25) is 0 Å². The third-order valence-corrected chi connectivity index (χ3v) is 4.50. The summed E-state index contributed by atoms with van der Waals surface area (Å²) in [5.74, 6) is -0.198. The van der Waals surface area contributed by atoms with Gasteiger partial charge in [0.25, 0.3) is 0 Å². The molecule has 5 heteroatoms. The number of nitrogens with zero attached hydrogens (tertiary/aromatic N) is 1. The van der Waals surface area contributed by atoms with Crippen molar-refractivity contribution in [3.8, 4) is 0 Å². The van der Waals surface area contributed by atoms with Gasteiger partial charge in [-0.2, -0.15) is 0 Å². The summed E-state index contributed by atoms with van der Waals surface area (Å²) in [7, 11) is 0. The number of benzene rings is 2. The second kappa shape index (κ2) is 5.50. The molecule has 0 aliphatic rings. The summed E-state index contributed by atoms with van der Waals surface area (Å²) < 4.78 is 15.9. The van der Waals surface area contributed by atoms with Crippen LogP contribution in [0.3, 0.4) is 0 Å². The van der Waals surface area contributed by atoms with Crippen molar-refractivity contribution in [2.24, 2.45) is 0 Å². The lowest BCUT2D eigenvalue weighted by molar-refractivity contribution is 0.600. The fourth-order valence-electron chi connectivity index (χ4n) is 2.05. The molecule has 0 spiro atoms. The van der Waals surface area contributed by atoms with Crippen molar-refractivity contribution in [3.63, 3.8) is 0 Å². The Balaban J connectivity index is 1.87. The van der Waals surface area contributed by atoms with E-state index in [0.717, 1.165) is 19.8 Å². The zero-order valence-electron chi connectivity index (χ0n) is 10.7. The highest BCUT2D eigenvalue weighted by atomic mass is 79.9. The molecule has 0 bridgehead atoms. The molecule has 20 heavy (non-hydrogen) atoms. The highest BCUT2D eigenvalue weighted by Gasteiger charge is 2.12. The Morgan fingerprint density at radius 3 is 2.85 bits per heavy atom. The zero-order valence-corrected chi connectivity index (χ0v) is 13.1. The number of hydrogen-bond acceptors (Lipinski definition) is 3. The maximum atomic E-state index is 13.7. The predicted molar refractivity (Wildman–Crippen MR) is 85.8 cm³/mol. The molecule has 1 heterocycles. The Bertz CT molecular complexity index is 756. The second-order valence-corrected chi connectivity index (χ2v) is 6.46. The molecule has 0 saturated heterocycles. The van der Waals surface area contributed by atoms with Gasteiger partial charge < -0.3 is 5.32 Å². The Hall–Kier alpha value is -1.46. The van der Waals surface area contributed by atoms with E-state index in [1.54, 1.807) is 23.5 Å². The lowest BCUT2D eigenvalue weighted by atomic mass is 10.1. The van der Waals surface area contributed by atoms with Crippen LogP contribution in [0, 0.1) is 5.82 Å². The molecule has 3 aromatic rings. The standard InChI is InChI=1S/C15H12BrFN2S/c1-9(11-4-2-3-5-12(11)17)18-15-19-13-7-6-10(16)8-14(13)20-15/h2-9H,1H3,(H,18,19). The van der Waals surface area contributed by atoms with Gasteiger partial charge in [0.1, 0.15) is 5.82 Å². The van der Waals surface area contributed by atoms with E-state index >= 15 is 0 Å². The minimum Gasteiger partial charge on any atom is -0.355 e. The van der Waals surface area contributed by atoms with Crippen LogP contribution in [0.2, 0.25) is 0 Å². The van der Waals surface area contributed by atoms with Gasteiger partial charge in [0.2, 0.25) is 0 Å². The Kier molecular flexibility index (Phi) is 3.72. The van der Waals surface area contributed by atoms with Crippen molar-refractivity contribution >= 4 is 42.6 Å². The van der Waals surface area contributed by atoms with Crippen LogP contribution in [0.5, 0.6) is 0 Å². The molecule has 0 amide bonds. The molecule has 0 aliphatic carbocycles. The molecule has 0 radical (unpaired) electrons. The number of nitrogens with one attached hydrogen (secondary N) is 1. The van der Waals surface area contributed by atoms with E-state index < -0.39 is 0 Å². The summed E-state index contributed by atoms with van der Waals surface area (Å²) in [4.78, 5) is 4.51. The quantitative estimate of drug-likeness (QED) is 0.686.